The van der Waals surface area contributed by atoms with E-state index in [1.165, 1.54) is 12.2 Å². The normalized spacial score (nSPS) is 10.2. The van der Waals surface area contributed by atoms with Crippen LogP contribution in [0.5, 0.6) is 0 Å². The van der Waals surface area contributed by atoms with Gasteiger partial charge in [0.25, 0.3) is 5.95 Å². The molecule has 0 saturated carbocycles. The maximum absolute atomic E-state index is 5.58. The number of hydroxylamine groups is 1. The standard InChI is InChI=1S/C6H8Cl2N4O/c1-3-12(13-2)6-10-4(7)9-5(8)11-6/h3H2,1-2H3. The third kappa shape index (κ3) is 2.65. The van der Waals surface area contributed by atoms with Crippen LogP contribution in [-0.4, -0.2) is 28.6 Å². The van der Waals surface area contributed by atoms with Gasteiger partial charge in [-0.2, -0.15) is 15.0 Å². The molecular formula is C6H8Cl2N4O. The highest BCUT2D eigenvalue weighted by Crippen LogP contribution is 2.13. The molecule has 1 aromatic heterocycles. The lowest BCUT2D eigenvalue weighted by molar-refractivity contribution is 0.166. The van der Waals surface area contributed by atoms with Crippen LogP contribution in [-0.2, 0) is 4.84 Å². The van der Waals surface area contributed by atoms with Crippen LogP contribution in [0.3, 0.4) is 0 Å². The third-order valence-corrected chi connectivity index (χ3v) is 1.64. The smallest absolute Gasteiger partial charge is 0.255 e. The summed E-state index contributed by atoms with van der Waals surface area (Å²) < 4.78 is 0. The van der Waals surface area contributed by atoms with Crippen molar-refractivity contribution in [3.05, 3.63) is 10.6 Å². The molecule has 1 aromatic rings. The van der Waals surface area contributed by atoms with E-state index < -0.39 is 0 Å². The van der Waals surface area contributed by atoms with Gasteiger partial charge in [-0.1, -0.05) is 0 Å². The van der Waals surface area contributed by atoms with Gasteiger partial charge in [-0.15, -0.1) is 0 Å². The second-order valence-corrected chi connectivity index (χ2v) is 2.73. The summed E-state index contributed by atoms with van der Waals surface area (Å²) in [6, 6.07) is 0. The SMILES string of the molecule is CCN(OC)c1nc(Cl)nc(Cl)n1. The number of hydrogen-bond acceptors (Lipinski definition) is 5. The fraction of sp³-hybridized carbons (Fsp3) is 0.500. The van der Waals surface area contributed by atoms with Gasteiger partial charge in [-0.3, -0.25) is 4.84 Å². The van der Waals surface area contributed by atoms with E-state index in [1.807, 2.05) is 6.92 Å². The van der Waals surface area contributed by atoms with Crippen molar-refractivity contribution >= 4 is 29.2 Å². The van der Waals surface area contributed by atoms with E-state index in [1.54, 1.807) is 0 Å². The molecule has 1 heterocycles. The number of halogens is 2. The van der Waals surface area contributed by atoms with Crippen LogP contribution < -0.4 is 5.06 Å². The zero-order valence-corrected chi connectivity index (χ0v) is 8.67. The molecule has 0 atom stereocenters. The first-order valence-corrected chi connectivity index (χ1v) is 4.31. The first-order chi connectivity index (χ1) is 6.17. The Morgan fingerprint density at radius 1 is 1.23 bits per heavy atom. The van der Waals surface area contributed by atoms with E-state index in [9.17, 15) is 0 Å². The van der Waals surface area contributed by atoms with Gasteiger partial charge in [0.05, 0.1) is 7.11 Å². The Morgan fingerprint density at radius 3 is 2.15 bits per heavy atom. The molecule has 0 aliphatic rings. The van der Waals surface area contributed by atoms with Crippen molar-refractivity contribution in [1.29, 1.82) is 0 Å². The first kappa shape index (κ1) is 10.4. The van der Waals surface area contributed by atoms with E-state index in [-0.39, 0.29) is 10.6 Å². The predicted octanol–water partition coefficient (Wildman–Crippen LogP) is 1.57. The van der Waals surface area contributed by atoms with Crippen molar-refractivity contribution < 1.29 is 4.84 Å². The molecule has 0 aliphatic heterocycles. The van der Waals surface area contributed by atoms with E-state index in [0.717, 1.165) is 0 Å². The minimum absolute atomic E-state index is 0.0468. The molecule has 0 fully saturated rings. The van der Waals surface area contributed by atoms with Crippen LogP contribution in [0.2, 0.25) is 10.6 Å². The van der Waals surface area contributed by atoms with Crippen LogP contribution >= 0.6 is 23.2 Å². The number of anilines is 1. The average Bonchev–Trinajstić information content (AvgIpc) is 2.04. The molecule has 0 saturated heterocycles. The van der Waals surface area contributed by atoms with Crippen molar-refractivity contribution in [2.24, 2.45) is 0 Å². The van der Waals surface area contributed by atoms with Crippen molar-refractivity contribution in [3.8, 4) is 0 Å². The Labute approximate surface area is 85.6 Å². The van der Waals surface area contributed by atoms with Gasteiger partial charge in [-0.25, -0.2) is 5.06 Å². The Hall–Kier alpha value is -0.650. The summed E-state index contributed by atoms with van der Waals surface area (Å²) in [5, 5.41) is 1.54. The molecule has 0 radical (unpaired) electrons. The van der Waals surface area contributed by atoms with Gasteiger partial charge in [0.15, 0.2) is 0 Å². The summed E-state index contributed by atoms with van der Waals surface area (Å²) in [6.45, 7) is 2.47. The second kappa shape index (κ2) is 4.55. The van der Waals surface area contributed by atoms with Crippen LogP contribution in [0.25, 0.3) is 0 Å². The molecule has 0 unspecified atom stereocenters. The number of nitrogens with zero attached hydrogens (tertiary/aromatic N) is 4. The minimum Gasteiger partial charge on any atom is -0.274 e. The Bertz CT molecular complexity index is 272. The molecule has 72 valence electrons. The fourth-order valence-corrected chi connectivity index (χ4v) is 1.13. The molecule has 0 aromatic carbocycles. The van der Waals surface area contributed by atoms with Crippen LogP contribution in [0.15, 0.2) is 0 Å². The molecular weight excluding hydrogens is 215 g/mol. The number of hydrogen-bond donors (Lipinski definition) is 0. The summed E-state index contributed by atoms with van der Waals surface area (Å²) >= 11 is 11.2. The zero-order chi connectivity index (χ0) is 9.84. The first-order valence-electron chi connectivity index (χ1n) is 3.56. The molecule has 0 spiro atoms. The van der Waals surface area contributed by atoms with E-state index in [0.29, 0.717) is 12.5 Å². The number of aromatic nitrogens is 3. The molecule has 13 heavy (non-hydrogen) atoms. The summed E-state index contributed by atoms with van der Waals surface area (Å²) in [6.07, 6.45) is 0. The van der Waals surface area contributed by atoms with Crippen molar-refractivity contribution in [2.45, 2.75) is 6.92 Å². The fourth-order valence-electron chi connectivity index (χ4n) is 0.780. The van der Waals surface area contributed by atoms with E-state index in [2.05, 4.69) is 15.0 Å². The van der Waals surface area contributed by atoms with Gasteiger partial charge < -0.3 is 0 Å². The highest BCUT2D eigenvalue weighted by atomic mass is 35.5. The van der Waals surface area contributed by atoms with Crippen LogP contribution in [0.1, 0.15) is 6.92 Å². The summed E-state index contributed by atoms with van der Waals surface area (Å²) in [5.41, 5.74) is 0. The Morgan fingerprint density at radius 2 is 1.77 bits per heavy atom. The van der Waals surface area contributed by atoms with Gasteiger partial charge >= 0.3 is 0 Å². The van der Waals surface area contributed by atoms with Gasteiger partial charge in [-0.05, 0) is 30.1 Å². The Balaban J connectivity index is 2.99. The molecule has 1 rings (SSSR count). The highest BCUT2D eigenvalue weighted by Gasteiger charge is 2.09. The maximum atomic E-state index is 5.58. The zero-order valence-electron chi connectivity index (χ0n) is 7.16. The molecule has 7 heteroatoms. The van der Waals surface area contributed by atoms with Crippen molar-refractivity contribution in [2.75, 3.05) is 18.7 Å². The molecule has 0 amide bonds. The summed E-state index contributed by atoms with van der Waals surface area (Å²) in [5.74, 6) is 0.301. The Kier molecular flexibility index (Phi) is 3.65. The van der Waals surface area contributed by atoms with Crippen LogP contribution in [0, 0.1) is 0 Å². The quantitative estimate of drug-likeness (QED) is 0.728. The summed E-state index contributed by atoms with van der Waals surface area (Å²) in [7, 11) is 1.51. The van der Waals surface area contributed by atoms with E-state index >= 15 is 0 Å². The topological polar surface area (TPSA) is 51.1 Å². The van der Waals surface area contributed by atoms with Gasteiger partial charge in [0.1, 0.15) is 0 Å². The molecule has 5 nitrogen and oxygen atoms in total. The summed E-state index contributed by atoms with van der Waals surface area (Å²) in [4.78, 5) is 16.2. The van der Waals surface area contributed by atoms with Crippen LogP contribution in [0.4, 0.5) is 5.95 Å². The van der Waals surface area contributed by atoms with Crippen molar-refractivity contribution in [3.63, 3.8) is 0 Å². The second-order valence-electron chi connectivity index (χ2n) is 2.05. The molecule has 0 aliphatic carbocycles. The molecule has 0 N–H and O–H groups in total. The minimum atomic E-state index is 0.0468. The molecule has 0 bridgehead atoms. The maximum Gasteiger partial charge on any atom is 0.255 e. The lowest BCUT2D eigenvalue weighted by atomic mass is 10.7. The average molecular weight is 223 g/mol. The number of rotatable bonds is 3. The lowest BCUT2D eigenvalue weighted by Gasteiger charge is -2.16. The van der Waals surface area contributed by atoms with Gasteiger partial charge in [0.2, 0.25) is 10.6 Å². The highest BCUT2D eigenvalue weighted by molar-refractivity contribution is 6.31. The van der Waals surface area contributed by atoms with Gasteiger partial charge in [0, 0.05) is 6.54 Å². The lowest BCUT2D eigenvalue weighted by Crippen LogP contribution is -2.23. The van der Waals surface area contributed by atoms with Crippen molar-refractivity contribution in [1.82, 2.24) is 15.0 Å². The predicted molar refractivity (Wildman–Crippen MR) is 49.9 cm³/mol. The monoisotopic (exact) mass is 222 g/mol. The largest absolute Gasteiger partial charge is 0.274 e. The third-order valence-electron chi connectivity index (χ3n) is 1.30. The van der Waals surface area contributed by atoms with E-state index in [4.69, 9.17) is 28.0 Å².